The molecule has 0 aliphatic heterocycles. The van der Waals surface area contributed by atoms with Gasteiger partial charge in [-0.05, 0) is 52.4 Å². The molecule has 0 bridgehead atoms. The molecule has 0 fully saturated rings. The summed E-state index contributed by atoms with van der Waals surface area (Å²) in [7, 11) is 1.59. The highest BCUT2D eigenvalue weighted by Crippen LogP contribution is 2.31. The van der Waals surface area contributed by atoms with Gasteiger partial charge in [-0.25, -0.2) is 5.10 Å². The third-order valence-corrected chi connectivity index (χ3v) is 4.69. The van der Waals surface area contributed by atoms with Crippen molar-refractivity contribution in [2.24, 2.45) is 5.10 Å². The number of para-hydroxylation sites is 1. The lowest BCUT2D eigenvalue weighted by Crippen LogP contribution is -1.97. The van der Waals surface area contributed by atoms with Crippen molar-refractivity contribution in [1.29, 1.82) is 0 Å². The fourth-order valence-electron chi connectivity index (χ4n) is 2.21. The Morgan fingerprint density at radius 3 is 2.84 bits per heavy atom. The van der Waals surface area contributed by atoms with Crippen molar-refractivity contribution < 1.29 is 9.84 Å². The fraction of sp³-hybridized carbons (Fsp3) is 0.0625. The molecular formula is C16H12Br2N4O2S. The fourth-order valence-corrected chi connectivity index (χ4v) is 3.64. The number of nitrogens with one attached hydrogen (secondary N) is 1. The Bertz CT molecular complexity index is 1010. The van der Waals surface area contributed by atoms with Crippen LogP contribution in [-0.4, -0.2) is 33.3 Å². The number of rotatable bonds is 4. The van der Waals surface area contributed by atoms with Gasteiger partial charge in [0.1, 0.15) is 11.5 Å². The number of methoxy groups -OCH3 is 1. The quantitative estimate of drug-likeness (QED) is 0.415. The van der Waals surface area contributed by atoms with E-state index in [4.69, 9.17) is 17.0 Å². The molecule has 1 heterocycles. The van der Waals surface area contributed by atoms with Crippen LogP contribution in [0.25, 0.3) is 11.4 Å². The van der Waals surface area contributed by atoms with Gasteiger partial charge in [-0.15, -0.1) is 0 Å². The number of ether oxygens (including phenoxy) is 1. The van der Waals surface area contributed by atoms with Crippen molar-refractivity contribution in [2.75, 3.05) is 7.11 Å². The molecule has 0 spiro atoms. The molecular weight excluding hydrogens is 472 g/mol. The molecule has 0 unspecified atom stereocenters. The average molecular weight is 484 g/mol. The first-order chi connectivity index (χ1) is 12.0. The SMILES string of the molecule is COc1ccccc1-c1n[nH]c(=S)n1/N=C/c1cc(Br)cc(Br)c1O. The number of halogens is 2. The van der Waals surface area contributed by atoms with Crippen LogP contribution in [0.3, 0.4) is 0 Å². The smallest absolute Gasteiger partial charge is 0.216 e. The van der Waals surface area contributed by atoms with Crippen LogP contribution in [0.1, 0.15) is 5.56 Å². The first-order valence-electron chi connectivity index (χ1n) is 7.04. The van der Waals surface area contributed by atoms with Crippen molar-refractivity contribution in [3.05, 3.63) is 55.7 Å². The molecule has 0 saturated heterocycles. The van der Waals surface area contributed by atoms with E-state index < -0.39 is 0 Å². The van der Waals surface area contributed by atoms with Crippen molar-refractivity contribution >= 4 is 50.3 Å². The van der Waals surface area contributed by atoms with Gasteiger partial charge in [-0.2, -0.15) is 14.9 Å². The van der Waals surface area contributed by atoms with Gasteiger partial charge in [-0.1, -0.05) is 28.1 Å². The molecule has 2 N–H and O–H groups in total. The molecule has 0 aliphatic carbocycles. The third kappa shape index (κ3) is 3.68. The largest absolute Gasteiger partial charge is 0.506 e. The number of H-pyrrole nitrogens is 1. The van der Waals surface area contributed by atoms with Gasteiger partial charge in [0, 0.05) is 10.0 Å². The Hall–Kier alpha value is -1.97. The van der Waals surface area contributed by atoms with Gasteiger partial charge < -0.3 is 9.84 Å². The summed E-state index contributed by atoms with van der Waals surface area (Å²) in [4.78, 5) is 0. The van der Waals surface area contributed by atoms with Crippen LogP contribution >= 0.6 is 44.1 Å². The van der Waals surface area contributed by atoms with Crippen LogP contribution in [0.5, 0.6) is 11.5 Å². The number of phenols is 1. The molecule has 0 saturated carbocycles. The minimum absolute atomic E-state index is 0.0841. The van der Waals surface area contributed by atoms with E-state index in [0.717, 1.165) is 10.0 Å². The molecule has 128 valence electrons. The highest BCUT2D eigenvalue weighted by Gasteiger charge is 2.13. The molecule has 1 aromatic heterocycles. The zero-order valence-corrected chi connectivity index (χ0v) is 16.9. The summed E-state index contributed by atoms with van der Waals surface area (Å²) in [5, 5.41) is 21.5. The molecule has 0 amide bonds. The van der Waals surface area contributed by atoms with Crippen molar-refractivity contribution in [3.8, 4) is 22.9 Å². The maximum atomic E-state index is 10.2. The van der Waals surface area contributed by atoms with Crippen LogP contribution in [-0.2, 0) is 0 Å². The lowest BCUT2D eigenvalue weighted by molar-refractivity contribution is 0.416. The number of phenolic OH excluding ortho intramolecular Hbond substituents is 1. The zero-order chi connectivity index (χ0) is 18.0. The lowest BCUT2D eigenvalue weighted by Gasteiger charge is -2.07. The summed E-state index contributed by atoms with van der Waals surface area (Å²) >= 11 is 11.9. The second-order valence-corrected chi connectivity index (χ2v) is 7.09. The van der Waals surface area contributed by atoms with Crippen molar-refractivity contribution in [2.45, 2.75) is 0 Å². The van der Waals surface area contributed by atoms with Gasteiger partial charge in [-0.3, -0.25) is 0 Å². The van der Waals surface area contributed by atoms with Crippen LogP contribution in [0, 0.1) is 4.77 Å². The lowest BCUT2D eigenvalue weighted by atomic mass is 10.2. The normalized spacial score (nSPS) is 11.2. The van der Waals surface area contributed by atoms with Crippen LogP contribution < -0.4 is 4.74 Å². The average Bonchev–Trinajstić information content (AvgIpc) is 2.97. The van der Waals surface area contributed by atoms with Gasteiger partial charge in [0.15, 0.2) is 5.82 Å². The Balaban J connectivity index is 2.08. The van der Waals surface area contributed by atoms with Gasteiger partial charge in [0.05, 0.1) is 23.4 Å². The number of hydrogen-bond acceptors (Lipinski definition) is 5. The van der Waals surface area contributed by atoms with Gasteiger partial charge in [0.2, 0.25) is 4.77 Å². The number of nitrogens with zero attached hydrogens (tertiary/aromatic N) is 3. The summed E-state index contributed by atoms with van der Waals surface area (Å²) in [5.74, 6) is 1.24. The van der Waals surface area contributed by atoms with Gasteiger partial charge in [0.25, 0.3) is 0 Å². The third-order valence-electron chi connectivity index (χ3n) is 3.37. The predicted octanol–water partition coefficient (Wildman–Crippen LogP) is 4.73. The molecule has 9 heteroatoms. The van der Waals surface area contributed by atoms with Crippen molar-refractivity contribution in [3.63, 3.8) is 0 Å². The molecule has 6 nitrogen and oxygen atoms in total. The molecule has 25 heavy (non-hydrogen) atoms. The van der Waals surface area contributed by atoms with E-state index >= 15 is 0 Å². The first kappa shape index (κ1) is 17.8. The summed E-state index contributed by atoms with van der Waals surface area (Å²) in [6.45, 7) is 0. The molecule has 3 aromatic rings. The summed E-state index contributed by atoms with van der Waals surface area (Å²) < 4.78 is 8.53. The number of aromatic amines is 1. The second kappa shape index (κ2) is 7.51. The molecule has 2 aromatic carbocycles. The van der Waals surface area contributed by atoms with Crippen LogP contribution in [0.4, 0.5) is 0 Å². The Morgan fingerprint density at radius 2 is 2.08 bits per heavy atom. The molecule has 0 radical (unpaired) electrons. The Labute approximate surface area is 165 Å². The van der Waals surface area contributed by atoms with E-state index in [2.05, 4.69) is 47.2 Å². The van der Waals surface area contributed by atoms with Crippen LogP contribution in [0.15, 0.2) is 50.4 Å². The molecule has 3 rings (SSSR count). The number of hydrogen-bond donors (Lipinski definition) is 2. The Kier molecular flexibility index (Phi) is 5.36. The van der Waals surface area contributed by atoms with E-state index in [-0.39, 0.29) is 5.75 Å². The topological polar surface area (TPSA) is 75.4 Å². The Morgan fingerprint density at radius 1 is 1.32 bits per heavy atom. The maximum absolute atomic E-state index is 10.2. The van der Waals surface area contributed by atoms with E-state index in [0.29, 0.717) is 26.4 Å². The summed E-state index contributed by atoms with van der Waals surface area (Å²) in [6, 6.07) is 10.9. The highest BCUT2D eigenvalue weighted by atomic mass is 79.9. The van der Waals surface area contributed by atoms with Gasteiger partial charge >= 0.3 is 0 Å². The monoisotopic (exact) mass is 482 g/mol. The van der Waals surface area contributed by atoms with Crippen molar-refractivity contribution in [1.82, 2.24) is 14.9 Å². The minimum atomic E-state index is 0.0841. The number of aromatic hydroxyl groups is 1. The predicted molar refractivity (Wildman–Crippen MR) is 106 cm³/mol. The van der Waals surface area contributed by atoms with E-state index in [1.165, 1.54) is 10.9 Å². The first-order valence-corrected chi connectivity index (χ1v) is 9.04. The zero-order valence-electron chi connectivity index (χ0n) is 12.9. The number of aromatic nitrogens is 3. The van der Waals surface area contributed by atoms with E-state index in [9.17, 15) is 5.11 Å². The van der Waals surface area contributed by atoms with E-state index in [1.54, 1.807) is 19.2 Å². The molecule has 0 aliphatic rings. The highest BCUT2D eigenvalue weighted by molar-refractivity contribution is 9.11. The molecule has 0 atom stereocenters. The summed E-state index contributed by atoms with van der Waals surface area (Å²) in [6.07, 6.45) is 1.51. The second-order valence-electron chi connectivity index (χ2n) is 4.93. The summed E-state index contributed by atoms with van der Waals surface area (Å²) in [5.41, 5.74) is 1.27. The standard InChI is InChI=1S/C16H12Br2N4O2S/c1-24-13-5-3-2-4-11(13)15-20-21-16(25)22(15)19-8-9-6-10(17)7-12(18)14(9)23/h2-8,23H,1H3,(H,21,25)/b19-8+. The van der Waals surface area contributed by atoms with E-state index in [1.807, 2.05) is 24.3 Å². The maximum Gasteiger partial charge on any atom is 0.216 e. The minimum Gasteiger partial charge on any atom is -0.506 e. The van der Waals surface area contributed by atoms with Crippen LogP contribution in [0.2, 0.25) is 0 Å². The number of benzene rings is 2.